The molecule has 0 aliphatic rings. The van der Waals surface area contributed by atoms with Crippen LogP contribution in [0.25, 0.3) is 10.9 Å². The molecule has 0 aliphatic carbocycles. The summed E-state index contributed by atoms with van der Waals surface area (Å²) < 4.78 is 5.32. The summed E-state index contributed by atoms with van der Waals surface area (Å²) in [5.74, 6) is -0.365. The summed E-state index contributed by atoms with van der Waals surface area (Å²) in [6.45, 7) is 2.45. The van der Waals surface area contributed by atoms with Gasteiger partial charge in [0.1, 0.15) is 11.3 Å². The third kappa shape index (κ3) is 2.72. The summed E-state index contributed by atoms with van der Waals surface area (Å²) in [6, 6.07) is 5.30. The molecule has 5 nitrogen and oxygen atoms in total. The van der Waals surface area contributed by atoms with Gasteiger partial charge in [-0.3, -0.25) is 0 Å². The molecule has 1 heterocycles. The Morgan fingerprint density at radius 2 is 2.15 bits per heavy atom. The van der Waals surface area contributed by atoms with Gasteiger partial charge in [-0.05, 0) is 50.1 Å². The van der Waals surface area contributed by atoms with Crippen molar-refractivity contribution in [2.45, 2.75) is 19.8 Å². The number of ether oxygens (including phenoxy) is 1. The van der Waals surface area contributed by atoms with Crippen molar-refractivity contribution in [1.82, 2.24) is 4.98 Å². The van der Waals surface area contributed by atoms with Crippen LogP contribution in [-0.4, -0.2) is 29.7 Å². The molecule has 0 fully saturated rings. The molecule has 0 saturated carbocycles. The molecule has 0 saturated heterocycles. The number of methoxy groups -OCH3 is 1. The molecular formula is C15H18N2O3. The van der Waals surface area contributed by atoms with E-state index in [-0.39, 0.29) is 5.56 Å². The lowest BCUT2D eigenvalue weighted by atomic mass is 10.0. The van der Waals surface area contributed by atoms with Gasteiger partial charge in [0.15, 0.2) is 0 Å². The molecule has 20 heavy (non-hydrogen) atoms. The first-order chi connectivity index (χ1) is 9.56. The highest BCUT2D eigenvalue weighted by molar-refractivity contribution is 6.04. The number of nitrogens with zero attached hydrogens (tertiary/aromatic N) is 1. The molecule has 2 rings (SSSR count). The number of rotatable bonds is 5. The van der Waals surface area contributed by atoms with Crippen LogP contribution in [0.5, 0.6) is 5.75 Å². The number of carboxylic acid groups (broad SMARTS) is 1. The molecule has 0 unspecified atom stereocenters. The highest BCUT2D eigenvalue weighted by atomic mass is 16.5. The average molecular weight is 274 g/mol. The Bertz CT molecular complexity index is 653. The zero-order chi connectivity index (χ0) is 14.7. The van der Waals surface area contributed by atoms with Crippen molar-refractivity contribution in [3.8, 4) is 5.75 Å². The predicted octanol–water partition coefficient (Wildman–Crippen LogP) is 2.14. The Balaban J connectivity index is 2.71. The van der Waals surface area contributed by atoms with E-state index in [1.54, 1.807) is 13.2 Å². The number of aromatic carboxylic acids is 1. The van der Waals surface area contributed by atoms with Gasteiger partial charge in [0.05, 0.1) is 12.7 Å². The minimum Gasteiger partial charge on any atom is -0.494 e. The molecule has 0 amide bonds. The Kier molecular flexibility index (Phi) is 4.20. The van der Waals surface area contributed by atoms with E-state index >= 15 is 0 Å². The molecule has 106 valence electrons. The van der Waals surface area contributed by atoms with Gasteiger partial charge in [0.2, 0.25) is 0 Å². The van der Waals surface area contributed by atoms with Crippen molar-refractivity contribution in [3.05, 3.63) is 35.0 Å². The fraction of sp³-hybridized carbons (Fsp3) is 0.333. The lowest BCUT2D eigenvalue weighted by molar-refractivity contribution is 0.0699. The van der Waals surface area contributed by atoms with Crippen molar-refractivity contribution in [3.63, 3.8) is 0 Å². The van der Waals surface area contributed by atoms with Gasteiger partial charge in [0.25, 0.3) is 0 Å². The number of nitrogens with two attached hydrogens (primary N) is 1. The van der Waals surface area contributed by atoms with E-state index in [0.29, 0.717) is 29.6 Å². The Hall–Kier alpha value is -2.14. The highest BCUT2D eigenvalue weighted by Gasteiger charge is 2.15. The van der Waals surface area contributed by atoms with Crippen molar-refractivity contribution in [2.24, 2.45) is 5.73 Å². The second-order valence-electron chi connectivity index (χ2n) is 4.72. The molecular weight excluding hydrogens is 256 g/mol. The number of carbonyl (C=O) groups is 1. The zero-order valence-corrected chi connectivity index (χ0v) is 11.6. The molecule has 0 spiro atoms. The summed E-state index contributed by atoms with van der Waals surface area (Å²) >= 11 is 0. The molecule has 1 aromatic carbocycles. The van der Waals surface area contributed by atoms with E-state index in [4.69, 9.17) is 10.5 Å². The first-order valence-corrected chi connectivity index (χ1v) is 6.48. The molecule has 3 N–H and O–H groups in total. The van der Waals surface area contributed by atoms with Crippen molar-refractivity contribution < 1.29 is 14.6 Å². The first kappa shape index (κ1) is 14.3. The minimum atomic E-state index is -0.959. The number of pyridine rings is 1. The van der Waals surface area contributed by atoms with Crippen molar-refractivity contribution in [1.29, 1.82) is 0 Å². The maximum Gasteiger partial charge on any atom is 0.336 e. The molecule has 2 aromatic rings. The van der Waals surface area contributed by atoms with Crippen LogP contribution < -0.4 is 10.5 Å². The van der Waals surface area contributed by atoms with Gasteiger partial charge in [-0.15, -0.1) is 0 Å². The maximum atomic E-state index is 11.5. The van der Waals surface area contributed by atoms with Crippen molar-refractivity contribution >= 4 is 16.9 Å². The minimum absolute atomic E-state index is 0.254. The van der Waals surface area contributed by atoms with Gasteiger partial charge >= 0.3 is 5.97 Å². The fourth-order valence-corrected chi connectivity index (χ4v) is 2.23. The van der Waals surface area contributed by atoms with Gasteiger partial charge in [-0.25, -0.2) is 9.78 Å². The third-order valence-corrected chi connectivity index (χ3v) is 3.16. The van der Waals surface area contributed by atoms with Gasteiger partial charge in [-0.1, -0.05) is 0 Å². The van der Waals surface area contributed by atoms with Gasteiger partial charge in [-0.2, -0.15) is 0 Å². The summed E-state index contributed by atoms with van der Waals surface area (Å²) in [6.07, 6.45) is 1.43. The van der Waals surface area contributed by atoms with E-state index in [1.165, 1.54) is 0 Å². The maximum absolute atomic E-state index is 11.5. The van der Waals surface area contributed by atoms with Crippen LogP contribution in [0.1, 0.15) is 28.0 Å². The summed E-state index contributed by atoms with van der Waals surface area (Å²) in [5, 5.41) is 10.00. The smallest absolute Gasteiger partial charge is 0.336 e. The largest absolute Gasteiger partial charge is 0.494 e. The lowest BCUT2D eigenvalue weighted by Crippen LogP contribution is -2.06. The van der Waals surface area contributed by atoms with Crippen LogP contribution in [0.15, 0.2) is 18.2 Å². The van der Waals surface area contributed by atoms with Crippen LogP contribution in [0.4, 0.5) is 0 Å². The lowest BCUT2D eigenvalue weighted by Gasteiger charge is -2.11. The number of hydrogen-bond donors (Lipinski definition) is 2. The van der Waals surface area contributed by atoms with Crippen LogP contribution in [-0.2, 0) is 6.42 Å². The van der Waals surface area contributed by atoms with Crippen molar-refractivity contribution in [2.75, 3.05) is 13.7 Å². The fourth-order valence-electron chi connectivity index (χ4n) is 2.23. The quantitative estimate of drug-likeness (QED) is 0.872. The monoisotopic (exact) mass is 274 g/mol. The Labute approximate surface area is 117 Å². The van der Waals surface area contributed by atoms with Crippen LogP contribution >= 0.6 is 0 Å². The molecule has 0 radical (unpaired) electrons. The third-order valence-electron chi connectivity index (χ3n) is 3.16. The predicted molar refractivity (Wildman–Crippen MR) is 77.4 cm³/mol. The number of hydrogen-bond acceptors (Lipinski definition) is 4. The molecule has 5 heteroatoms. The normalized spacial score (nSPS) is 10.8. The molecule has 0 atom stereocenters. The van der Waals surface area contributed by atoms with E-state index in [1.807, 2.05) is 19.1 Å². The summed E-state index contributed by atoms with van der Waals surface area (Å²) in [7, 11) is 1.56. The number of benzene rings is 1. The van der Waals surface area contributed by atoms with Crippen LogP contribution in [0.3, 0.4) is 0 Å². The van der Waals surface area contributed by atoms with Gasteiger partial charge < -0.3 is 15.6 Å². The molecule has 0 aliphatic heterocycles. The molecule has 0 bridgehead atoms. The second-order valence-corrected chi connectivity index (χ2v) is 4.72. The van der Waals surface area contributed by atoms with Crippen LogP contribution in [0, 0.1) is 6.92 Å². The second kappa shape index (κ2) is 5.88. The Morgan fingerprint density at radius 1 is 1.40 bits per heavy atom. The number of carboxylic acids is 1. The first-order valence-electron chi connectivity index (χ1n) is 6.48. The topological polar surface area (TPSA) is 85.4 Å². The number of aromatic nitrogens is 1. The van der Waals surface area contributed by atoms with E-state index in [0.717, 1.165) is 17.7 Å². The van der Waals surface area contributed by atoms with E-state index in [9.17, 15) is 9.90 Å². The number of fused-ring (bicyclic) bond motifs is 1. The summed E-state index contributed by atoms with van der Waals surface area (Å²) in [5.41, 5.74) is 8.00. The van der Waals surface area contributed by atoms with E-state index in [2.05, 4.69) is 4.98 Å². The Morgan fingerprint density at radius 3 is 2.75 bits per heavy atom. The average Bonchev–Trinajstić information content (AvgIpc) is 2.43. The zero-order valence-electron chi connectivity index (χ0n) is 11.6. The SMILES string of the molecule is COc1cc(C)cc2c(C(=O)O)cc(CCCN)nc12. The summed E-state index contributed by atoms with van der Waals surface area (Å²) in [4.78, 5) is 16.0. The number of aryl methyl sites for hydroxylation is 2. The highest BCUT2D eigenvalue weighted by Crippen LogP contribution is 2.29. The van der Waals surface area contributed by atoms with Gasteiger partial charge in [0, 0.05) is 11.1 Å². The van der Waals surface area contributed by atoms with E-state index < -0.39 is 5.97 Å². The standard InChI is InChI=1S/C15H18N2O3/c1-9-6-11-12(15(18)19)8-10(4-3-5-16)17-14(11)13(7-9)20-2/h6-8H,3-5,16H2,1-2H3,(H,18,19). The van der Waals surface area contributed by atoms with Crippen LogP contribution in [0.2, 0.25) is 0 Å². The molecule has 1 aromatic heterocycles.